The van der Waals surface area contributed by atoms with Crippen LogP contribution in [0, 0.1) is 0 Å². The first-order chi connectivity index (χ1) is 4.55. The molecular formula is C6H14IN3S. The summed E-state index contributed by atoms with van der Waals surface area (Å²) < 4.78 is 2.00. The molecule has 0 fully saturated rings. The quantitative estimate of drug-likeness (QED) is 0.372. The van der Waals surface area contributed by atoms with Gasteiger partial charge in [-0.05, 0) is 18.0 Å². The Bertz CT molecular complexity index is 179. The highest BCUT2D eigenvalue weighted by molar-refractivity contribution is 8.13. The van der Waals surface area contributed by atoms with Crippen LogP contribution >= 0.6 is 11.8 Å². The van der Waals surface area contributed by atoms with Crippen LogP contribution in [-0.4, -0.2) is 28.8 Å². The highest BCUT2D eigenvalue weighted by Gasteiger charge is 2.33. The van der Waals surface area contributed by atoms with Crippen molar-refractivity contribution in [3.05, 3.63) is 0 Å². The summed E-state index contributed by atoms with van der Waals surface area (Å²) in [6.07, 6.45) is 2.06. The number of hydrazone groups is 1. The Labute approximate surface area is 89.0 Å². The molecule has 0 amide bonds. The summed E-state index contributed by atoms with van der Waals surface area (Å²) in [5.74, 6) is 0. The van der Waals surface area contributed by atoms with E-state index in [1.165, 1.54) is 5.17 Å². The molecule has 0 aliphatic carbocycles. The summed E-state index contributed by atoms with van der Waals surface area (Å²) in [5.41, 5.74) is 3.27. The van der Waals surface area contributed by atoms with E-state index in [9.17, 15) is 0 Å². The molecule has 0 saturated carbocycles. The standard InChI is InChI=1S/C6H13N3S.HI/c1-6(2)7-5(10-4)9(3)8-6;/h8H,1-4H3;1H. The molecular weight excluding hydrogens is 273 g/mol. The van der Waals surface area contributed by atoms with E-state index in [0.717, 1.165) is 0 Å². The van der Waals surface area contributed by atoms with Crippen molar-refractivity contribution < 1.29 is 28.7 Å². The van der Waals surface area contributed by atoms with Crippen molar-refractivity contribution >= 4 is 16.9 Å². The molecule has 0 atom stereocenters. The summed E-state index contributed by atoms with van der Waals surface area (Å²) in [5, 5.41) is 4.50. The Kier molecular flexibility index (Phi) is 3.96. The van der Waals surface area contributed by atoms with Crippen molar-refractivity contribution in [2.24, 2.45) is 0 Å². The van der Waals surface area contributed by atoms with Gasteiger partial charge in [0.1, 0.15) is 7.05 Å². The predicted molar refractivity (Wildman–Crippen MR) is 45.1 cm³/mol. The zero-order valence-corrected chi connectivity index (χ0v) is 10.2. The van der Waals surface area contributed by atoms with Crippen LogP contribution in [0.15, 0.2) is 0 Å². The molecule has 5 heteroatoms. The topological polar surface area (TPSA) is 27.1 Å². The molecule has 3 nitrogen and oxygen atoms in total. The summed E-state index contributed by atoms with van der Waals surface area (Å²) in [6, 6.07) is 0. The second-order valence-corrected chi connectivity index (χ2v) is 3.73. The van der Waals surface area contributed by atoms with Gasteiger partial charge in [0.2, 0.25) is 0 Å². The Morgan fingerprint density at radius 1 is 1.45 bits per heavy atom. The monoisotopic (exact) mass is 287 g/mol. The molecule has 1 aliphatic heterocycles. The van der Waals surface area contributed by atoms with Gasteiger partial charge in [-0.3, -0.25) is 0 Å². The summed E-state index contributed by atoms with van der Waals surface area (Å²) in [6.45, 7) is 4.21. The van der Waals surface area contributed by atoms with Crippen LogP contribution in [0.4, 0.5) is 0 Å². The molecule has 0 spiro atoms. The van der Waals surface area contributed by atoms with Crippen LogP contribution < -0.4 is 34.7 Å². The van der Waals surface area contributed by atoms with Crippen molar-refractivity contribution in [2.45, 2.75) is 19.5 Å². The first kappa shape index (κ1) is 11.4. The van der Waals surface area contributed by atoms with Gasteiger partial charge in [-0.25, -0.2) is 10.7 Å². The Morgan fingerprint density at radius 2 is 2.00 bits per heavy atom. The highest BCUT2D eigenvalue weighted by atomic mass is 127. The second-order valence-electron chi connectivity index (χ2n) is 2.93. The first-order valence-electron chi connectivity index (χ1n) is 3.26. The number of rotatable bonds is 0. The molecule has 0 radical (unpaired) electrons. The second kappa shape index (κ2) is 3.84. The maximum Gasteiger partial charge on any atom is 0.330 e. The predicted octanol–water partition coefficient (Wildman–Crippen LogP) is -2.80. The molecule has 66 valence electrons. The van der Waals surface area contributed by atoms with E-state index >= 15 is 0 Å². The molecule has 1 heterocycles. The number of hydrogen-bond donors (Lipinski definition) is 2. The van der Waals surface area contributed by atoms with Gasteiger partial charge in [-0.1, -0.05) is 0 Å². The molecule has 0 aromatic rings. The van der Waals surface area contributed by atoms with Gasteiger partial charge in [0, 0.05) is 13.8 Å². The van der Waals surface area contributed by atoms with Crippen LogP contribution in [-0.2, 0) is 0 Å². The van der Waals surface area contributed by atoms with Gasteiger partial charge in [0.25, 0.3) is 0 Å². The van der Waals surface area contributed by atoms with Crippen molar-refractivity contribution in [1.29, 1.82) is 0 Å². The lowest BCUT2D eigenvalue weighted by Gasteiger charge is -2.11. The fourth-order valence-electron chi connectivity index (χ4n) is 1.04. The van der Waals surface area contributed by atoms with Crippen molar-refractivity contribution in [3.63, 3.8) is 0 Å². The number of nitrogens with one attached hydrogen (secondary N) is 2. The molecule has 0 unspecified atom stereocenters. The molecule has 2 N–H and O–H groups in total. The van der Waals surface area contributed by atoms with Gasteiger partial charge in [0.05, 0.1) is 0 Å². The van der Waals surface area contributed by atoms with Crippen LogP contribution in [0.1, 0.15) is 13.8 Å². The largest absolute Gasteiger partial charge is 1.00 e. The molecule has 0 aromatic carbocycles. The van der Waals surface area contributed by atoms with E-state index in [4.69, 9.17) is 0 Å². The summed E-state index contributed by atoms with van der Waals surface area (Å²) in [7, 11) is 2.01. The van der Waals surface area contributed by atoms with Crippen LogP contribution in [0.25, 0.3) is 0 Å². The van der Waals surface area contributed by atoms with Crippen LogP contribution in [0.2, 0.25) is 0 Å². The van der Waals surface area contributed by atoms with E-state index in [1.54, 1.807) is 11.8 Å². The van der Waals surface area contributed by atoms with Crippen LogP contribution in [0.3, 0.4) is 0 Å². The van der Waals surface area contributed by atoms with Crippen molar-refractivity contribution in [2.75, 3.05) is 13.3 Å². The lowest BCUT2D eigenvalue weighted by Crippen LogP contribution is -3.00. The summed E-state index contributed by atoms with van der Waals surface area (Å²) >= 11 is 1.71. The molecule has 1 rings (SSSR count). The molecule has 0 bridgehead atoms. The molecule has 11 heavy (non-hydrogen) atoms. The third-order valence-electron chi connectivity index (χ3n) is 1.36. The number of hydrazine groups is 1. The summed E-state index contributed by atoms with van der Waals surface area (Å²) in [4.78, 5) is 0. The minimum atomic E-state index is 0. The lowest BCUT2D eigenvalue weighted by molar-refractivity contribution is -0.559. The van der Waals surface area contributed by atoms with Gasteiger partial charge >= 0.3 is 5.17 Å². The number of halogens is 1. The fraction of sp³-hybridized carbons (Fsp3) is 0.833. The molecule has 0 saturated heterocycles. The smallest absolute Gasteiger partial charge is 0.330 e. The minimum Gasteiger partial charge on any atom is -1.00 e. The van der Waals surface area contributed by atoms with E-state index in [1.807, 2.05) is 11.7 Å². The average Bonchev–Trinajstić information content (AvgIpc) is 2.05. The van der Waals surface area contributed by atoms with Crippen molar-refractivity contribution in [3.8, 4) is 0 Å². The van der Waals surface area contributed by atoms with Gasteiger partial charge in [0.15, 0.2) is 5.66 Å². The van der Waals surface area contributed by atoms with E-state index < -0.39 is 0 Å². The van der Waals surface area contributed by atoms with Gasteiger partial charge < -0.3 is 24.0 Å². The third-order valence-corrected chi connectivity index (χ3v) is 2.13. The van der Waals surface area contributed by atoms with Crippen LogP contribution in [0.5, 0.6) is 0 Å². The Hall–Kier alpha value is 0.350. The Balaban J connectivity index is 0.000001000. The highest BCUT2D eigenvalue weighted by Crippen LogP contribution is 2.07. The van der Waals surface area contributed by atoms with E-state index in [-0.39, 0.29) is 29.6 Å². The fourth-order valence-corrected chi connectivity index (χ4v) is 1.71. The van der Waals surface area contributed by atoms with Crippen molar-refractivity contribution in [1.82, 2.24) is 10.7 Å². The minimum absolute atomic E-state index is 0. The Morgan fingerprint density at radius 3 is 2.18 bits per heavy atom. The zero-order chi connectivity index (χ0) is 7.78. The lowest BCUT2D eigenvalue weighted by atomic mass is 10.3. The third kappa shape index (κ3) is 2.70. The maximum absolute atomic E-state index is 3.32. The normalized spacial score (nSPS) is 20.4. The first-order valence-corrected chi connectivity index (χ1v) is 4.48. The number of nitrogens with zero attached hydrogens (tertiary/aromatic N) is 1. The average molecular weight is 287 g/mol. The number of amidine groups is 1. The number of thioether (sulfide) groups is 1. The molecule has 1 aliphatic rings. The molecule has 0 aromatic heterocycles. The maximum atomic E-state index is 3.32. The van der Waals surface area contributed by atoms with Gasteiger partial charge in [-0.2, -0.15) is 4.68 Å². The SMILES string of the molecule is CSC1=[N+](C)NC(C)(C)N1.[I-]. The van der Waals surface area contributed by atoms with Gasteiger partial charge in [-0.15, -0.1) is 0 Å². The zero-order valence-electron chi connectivity index (χ0n) is 7.23. The van der Waals surface area contributed by atoms with E-state index in [0.29, 0.717) is 0 Å². The number of hydrogen-bond acceptors (Lipinski definition) is 3. The van der Waals surface area contributed by atoms with E-state index in [2.05, 4.69) is 30.8 Å².